The summed E-state index contributed by atoms with van der Waals surface area (Å²) in [7, 11) is -0.979. The van der Waals surface area contributed by atoms with Crippen molar-refractivity contribution in [2.75, 3.05) is 27.8 Å². The second-order valence-corrected chi connectivity index (χ2v) is 9.98. The van der Waals surface area contributed by atoms with E-state index in [1.165, 1.54) is 0 Å². The molecule has 6 nitrogen and oxygen atoms in total. The van der Waals surface area contributed by atoms with Gasteiger partial charge in [0.1, 0.15) is 11.0 Å². The highest BCUT2D eigenvalue weighted by Gasteiger charge is 2.20. The van der Waals surface area contributed by atoms with Crippen molar-refractivity contribution in [1.82, 2.24) is 9.97 Å². The van der Waals surface area contributed by atoms with E-state index >= 15 is 0 Å². The summed E-state index contributed by atoms with van der Waals surface area (Å²) in [6, 6.07) is 16.4. The number of H-pyrrole nitrogens is 1. The van der Waals surface area contributed by atoms with Gasteiger partial charge in [-0.25, -0.2) is 4.21 Å². The number of rotatable bonds is 4. The largest absolute Gasteiger partial charge is 0.359 e. The van der Waals surface area contributed by atoms with Gasteiger partial charge >= 0.3 is 0 Å². The van der Waals surface area contributed by atoms with Crippen molar-refractivity contribution in [1.29, 1.82) is 0 Å². The molecule has 5 rings (SSSR count). The molecular formula is C27H30Cl2N4O2S. The summed E-state index contributed by atoms with van der Waals surface area (Å²) >= 11 is 11.4. The Kier molecular flexibility index (Phi) is 10.3. The number of amides is 1. The first kappa shape index (κ1) is 27.7. The summed E-state index contributed by atoms with van der Waals surface area (Å²) in [6.07, 6.45) is 4.51. The van der Waals surface area contributed by atoms with E-state index < -0.39 is 11.0 Å². The molecule has 2 N–H and O–H groups in total. The van der Waals surface area contributed by atoms with Crippen LogP contribution in [0.25, 0.3) is 22.2 Å². The fourth-order valence-corrected chi connectivity index (χ4v) is 5.24. The van der Waals surface area contributed by atoms with E-state index in [-0.39, 0.29) is 5.91 Å². The van der Waals surface area contributed by atoms with Crippen LogP contribution in [0.15, 0.2) is 67.0 Å². The lowest BCUT2D eigenvalue weighted by atomic mass is 10.1. The van der Waals surface area contributed by atoms with Gasteiger partial charge in [-0.05, 0) is 61.0 Å². The van der Waals surface area contributed by atoms with Crippen LogP contribution in [0.2, 0.25) is 5.02 Å². The lowest BCUT2D eigenvalue weighted by molar-refractivity contribution is 0.102. The molecule has 2 aromatic carbocycles. The molecule has 190 valence electrons. The van der Waals surface area contributed by atoms with E-state index in [0.717, 1.165) is 46.7 Å². The molecule has 1 saturated heterocycles. The number of carbonyl (C=O) groups excluding carboxylic acids is 1. The van der Waals surface area contributed by atoms with Gasteiger partial charge in [-0.2, -0.15) is 0 Å². The maximum absolute atomic E-state index is 12.8. The molecule has 4 aromatic rings. The van der Waals surface area contributed by atoms with Crippen molar-refractivity contribution in [3.05, 3.63) is 77.6 Å². The summed E-state index contributed by atoms with van der Waals surface area (Å²) in [5.41, 5.74) is 4.37. The van der Waals surface area contributed by atoms with Crippen LogP contribution in [-0.2, 0) is 11.0 Å². The van der Waals surface area contributed by atoms with Crippen LogP contribution in [0.4, 0.5) is 11.4 Å². The fourth-order valence-electron chi connectivity index (χ4n) is 3.74. The van der Waals surface area contributed by atoms with Crippen molar-refractivity contribution >= 4 is 62.4 Å². The van der Waals surface area contributed by atoms with Crippen molar-refractivity contribution in [2.24, 2.45) is 0 Å². The number of hydrogen-bond acceptors (Lipinski definition) is 3. The number of anilines is 2. The topological polar surface area (TPSA) is 78.1 Å². The van der Waals surface area contributed by atoms with E-state index in [9.17, 15) is 9.00 Å². The molecule has 0 saturated carbocycles. The van der Waals surface area contributed by atoms with Crippen LogP contribution in [-0.4, -0.2) is 38.3 Å². The third-order valence-electron chi connectivity index (χ3n) is 5.30. The van der Waals surface area contributed by atoms with Gasteiger partial charge in [0.05, 0.1) is 16.2 Å². The lowest BCUT2D eigenvalue weighted by Gasteiger charge is -2.16. The van der Waals surface area contributed by atoms with Gasteiger partial charge in [-0.15, -0.1) is 11.6 Å². The SMILES string of the molecule is CC.CCCl.O=C(Nc1ccc(Cl)c(-c2nccc3cc[nH]c23)c1)c1ccc(N2CCCS2=O)cc1. The summed E-state index contributed by atoms with van der Waals surface area (Å²) in [5.74, 6) is 1.18. The number of aromatic amines is 1. The third kappa shape index (κ3) is 6.46. The molecule has 36 heavy (non-hydrogen) atoms. The van der Waals surface area contributed by atoms with E-state index in [2.05, 4.69) is 15.3 Å². The summed E-state index contributed by atoms with van der Waals surface area (Å²) in [5, 5.41) is 4.51. The Morgan fingerprint density at radius 1 is 1.14 bits per heavy atom. The maximum Gasteiger partial charge on any atom is 0.255 e. The van der Waals surface area contributed by atoms with Crippen LogP contribution in [0.1, 0.15) is 37.6 Å². The Morgan fingerprint density at radius 2 is 1.86 bits per heavy atom. The van der Waals surface area contributed by atoms with Crippen LogP contribution < -0.4 is 9.62 Å². The number of nitrogens with one attached hydrogen (secondary N) is 2. The number of fused-ring (bicyclic) bond motifs is 1. The highest BCUT2D eigenvalue weighted by Crippen LogP contribution is 2.33. The number of pyridine rings is 1. The van der Waals surface area contributed by atoms with Crippen molar-refractivity contribution in [3.8, 4) is 11.3 Å². The highest BCUT2D eigenvalue weighted by molar-refractivity contribution is 7.86. The van der Waals surface area contributed by atoms with Gasteiger partial charge in [-0.3, -0.25) is 14.1 Å². The number of aromatic nitrogens is 2. The Balaban J connectivity index is 0.000000674. The van der Waals surface area contributed by atoms with Gasteiger partial charge in [0, 0.05) is 58.5 Å². The van der Waals surface area contributed by atoms with Crippen molar-refractivity contribution in [2.45, 2.75) is 27.2 Å². The summed E-state index contributed by atoms with van der Waals surface area (Å²) < 4.78 is 13.9. The first-order valence-corrected chi connectivity index (χ1v) is 14.1. The summed E-state index contributed by atoms with van der Waals surface area (Å²) in [6.45, 7) is 6.66. The predicted octanol–water partition coefficient (Wildman–Crippen LogP) is 7.28. The Hall–Kier alpha value is -2.87. The first-order chi connectivity index (χ1) is 17.5. The van der Waals surface area contributed by atoms with Crippen LogP contribution >= 0.6 is 23.2 Å². The maximum atomic E-state index is 12.8. The van der Waals surface area contributed by atoms with Crippen LogP contribution in [0, 0.1) is 0 Å². The van der Waals surface area contributed by atoms with Crippen LogP contribution in [0.3, 0.4) is 0 Å². The normalized spacial score (nSPS) is 14.5. The van der Waals surface area contributed by atoms with Gasteiger partial charge in [0.2, 0.25) is 0 Å². The number of alkyl halides is 1. The van der Waals surface area contributed by atoms with Gasteiger partial charge in [-0.1, -0.05) is 32.4 Å². The molecule has 0 spiro atoms. The van der Waals surface area contributed by atoms with Gasteiger partial charge < -0.3 is 10.3 Å². The second-order valence-electron chi connectivity index (χ2n) is 7.55. The van der Waals surface area contributed by atoms with E-state index in [1.807, 2.05) is 61.6 Å². The molecule has 3 heterocycles. The Labute approximate surface area is 224 Å². The minimum absolute atomic E-state index is 0.228. The molecule has 0 bridgehead atoms. The smallest absolute Gasteiger partial charge is 0.255 e. The second kappa shape index (κ2) is 13.4. The average molecular weight is 546 g/mol. The van der Waals surface area contributed by atoms with Crippen molar-refractivity contribution in [3.63, 3.8) is 0 Å². The third-order valence-corrected chi connectivity index (χ3v) is 7.15. The molecule has 1 aliphatic rings. The number of benzene rings is 2. The van der Waals surface area contributed by atoms with Crippen molar-refractivity contribution < 1.29 is 9.00 Å². The predicted molar refractivity (Wildman–Crippen MR) is 154 cm³/mol. The molecule has 1 amide bonds. The molecule has 0 aliphatic carbocycles. The number of halogens is 2. The Bertz CT molecular complexity index is 1330. The molecule has 9 heteroatoms. The number of hydrogen-bond donors (Lipinski definition) is 2. The molecular weight excluding hydrogens is 515 g/mol. The molecule has 1 unspecified atom stereocenters. The quantitative estimate of drug-likeness (QED) is 0.265. The zero-order valence-corrected chi connectivity index (χ0v) is 22.9. The average Bonchev–Trinajstić information content (AvgIpc) is 3.56. The fraction of sp³-hybridized carbons (Fsp3) is 0.259. The van der Waals surface area contributed by atoms with Crippen LogP contribution in [0.5, 0.6) is 0 Å². The minimum Gasteiger partial charge on any atom is -0.359 e. The summed E-state index contributed by atoms with van der Waals surface area (Å²) in [4.78, 5) is 20.5. The molecule has 1 fully saturated rings. The lowest BCUT2D eigenvalue weighted by Crippen LogP contribution is -2.19. The van der Waals surface area contributed by atoms with E-state index in [0.29, 0.717) is 22.0 Å². The van der Waals surface area contributed by atoms with Gasteiger partial charge in [0.25, 0.3) is 5.91 Å². The number of carbonyl (C=O) groups is 1. The monoisotopic (exact) mass is 544 g/mol. The number of nitrogens with zero attached hydrogens (tertiary/aromatic N) is 2. The molecule has 1 aliphatic heterocycles. The van der Waals surface area contributed by atoms with Gasteiger partial charge in [0.15, 0.2) is 0 Å². The first-order valence-electron chi connectivity index (χ1n) is 11.9. The zero-order chi connectivity index (χ0) is 26.1. The standard InChI is InChI=1S/C23H19ClN4O2S.C2H5Cl.C2H6/c24-20-7-4-17(14-19(20)22-21-15(8-10-25-21)9-11-26-22)27-23(29)16-2-5-18(6-3-16)28-12-1-13-31(28)30;1-2-3;1-2/h2-11,14,25H,1,12-13H2,(H,27,29);2H2,1H3;1-2H3. The highest BCUT2D eigenvalue weighted by atomic mass is 35.5. The zero-order valence-electron chi connectivity index (χ0n) is 20.6. The molecule has 2 aromatic heterocycles. The molecule has 1 atom stereocenters. The Morgan fingerprint density at radius 3 is 2.53 bits per heavy atom. The molecule has 0 radical (unpaired) electrons. The minimum atomic E-state index is -0.979. The van der Waals surface area contributed by atoms with E-state index in [4.69, 9.17) is 23.2 Å². The van der Waals surface area contributed by atoms with E-state index in [1.54, 1.807) is 30.5 Å².